The fourth-order valence-electron chi connectivity index (χ4n) is 4.79. The van der Waals surface area contributed by atoms with E-state index in [-0.39, 0.29) is 12.1 Å². The van der Waals surface area contributed by atoms with Gasteiger partial charge in [0.25, 0.3) is 0 Å². The number of carbonyl (C=O) groups excluding carboxylic acids is 1. The van der Waals surface area contributed by atoms with Crippen molar-refractivity contribution in [3.05, 3.63) is 58.1 Å². The first-order valence-corrected chi connectivity index (χ1v) is 12.5. The molecule has 0 atom stereocenters. The van der Waals surface area contributed by atoms with Gasteiger partial charge in [-0.1, -0.05) is 35.3 Å². The van der Waals surface area contributed by atoms with Crippen LogP contribution in [-0.2, 0) is 16.0 Å². The molecule has 5 nitrogen and oxygen atoms in total. The molecule has 2 heterocycles. The van der Waals surface area contributed by atoms with Crippen LogP contribution >= 0.6 is 23.2 Å². The molecule has 0 N–H and O–H groups in total. The van der Waals surface area contributed by atoms with Gasteiger partial charge in [-0.15, -0.1) is 0 Å². The van der Waals surface area contributed by atoms with Crippen LogP contribution in [0, 0.1) is 5.92 Å². The smallest absolute Gasteiger partial charge is 0.309 e. The molecule has 0 radical (unpaired) electrons. The molecule has 7 heteroatoms. The van der Waals surface area contributed by atoms with Crippen LogP contribution in [0.5, 0.6) is 5.75 Å². The first-order valence-electron chi connectivity index (χ1n) is 11.7. The number of hydrogen-bond donors (Lipinski definition) is 0. The standard InChI is InChI=1S/C26H32Cl2N2O3/c1-32-26(31)16-20-3-2-4-21(15-20)30-13-7-19(8-14-30)18-29-11-9-22(10-12-29)33-23-5-6-24(27)25(28)17-23/h2-6,15,17,19,22H,7-14,16,18H2,1H3. The van der Waals surface area contributed by atoms with Crippen LogP contribution in [0.25, 0.3) is 0 Å². The monoisotopic (exact) mass is 490 g/mol. The molecule has 178 valence electrons. The van der Waals surface area contributed by atoms with E-state index in [0.29, 0.717) is 16.5 Å². The van der Waals surface area contributed by atoms with Crippen molar-refractivity contribution in [2.45, 2.75) is 38.2 Å². The Morgan fingerprint density at radius 2 is 1.73 bits per heavy atom. The van der Waals surface area contributed by atoms with E-state index in [4.69, 9.17) is 32.7 Å². The maximum atomic E-state index is 11.6. The summed E-state index contributed by atoms with van der Waals surface area (Å²) in [7, 11) is 1.43. The Balaban J connectivity index is 1.20. The quantitative estimate of drug-likeness (QED) is 0.481. The van der Waals surface area contributed by atoms with Gasteiger partial charge in [0.2, 0.25) is 0 Å². The lowest BCUT2D eigenvalue weighted by Crippen LogP contribution is -2.43. The van der Waals surface area contributed by atoms with Gasteiger partial charge in [-0.2, -0.15) is 0 Å². The highest BCUT2D eigenvalue weighted by molar-refractivity contribution is 6.42. The third-order valence-corrected chi connectivity index (χ3v) is 7.45. The minimum absolute atomic E-state index is 0.197. The summed E-state index contributed by atoms with van der Waals surface area (Å²) in [6.45, 7) is 5.42. The number of ether oxygens (including phenoxy) is 2. The molecule has 0 bridgehead atoms. The maximum Gasteiger partial charge on any atom is 0.309 e. The highest BCUT2D eigenvalue weighted by Crippen LogP contribution is 2.29. The average Bonchev–Trinajstić information content (AvgIpc) is 2.83. The third kappa shape index (κ3) is 6.78. The van der Waals surface area contributed by atoms with E-state index in [9.17, 15) is 4.79 Å². The number of hydrogen-bond acceptors (Lipinski definition) is 5. The summed E-state index contributed by atoms with van der Waals surface area (Å²) >= 11 is 12.1. The molecule has 2 aliphatic rings. The fourth-order valence-corrected chi connectivity index (χ4v) is 5.08. The van der Waals surface area contributed by atoms with Crippen molar-refractivity contribution >= 4 is 34.9 Å². The van der Waals surface area contributed by atoms with Crippen molar-refractivity contribution in [1.82, 2.24) is 4.90 Å². The van der Waals surface area contributed by atoms with Gasteiger partial charge in [0.05, 0.1) is 23.6 Å². The number of esters is 1. The largest absolute Gasteiger partial charge is 0.490 e. The van der Waals surface area contributed by atoms with Gasteiger partial charge in [0.15, 0.2) is 0 Å². The van der Waals surface area contributed by atoms with Crippen LogP contribution in [-0.4, -0.2) is 56.8 Å². The summed E-state index contributed by atoms with van der Waals surface area (Å²) in [5, 5.41) is 1.09. The summed E-state index contributed by atoms with van der Waals surface area (Å²) in [5.74, 6) is 1.33. The number of piperidine rings is 2. The molecule has 0 aromatic heterocycles. The van der Waals surface area contributed by atoms with Crippen LogP contribution in [0.1, 0.15) is 31.2 Å². The van der Waals surface area contributed by atoms with E-state index in [0.717, 1.165) is 62.8 Å². The first kappa shape index (κ1) is 24.2. The van der Waals surface area contributed by atoms with E-state index in [1.165, 1.54) is 25.6 Å². The summed E-state index contributed by atoms with van der Waals surface area (Å²) in [4.78, 5) is 16.6. The topological polar surface area (TPSA) is 42.0 Å². The SMILES string of the molecule is COC(=O)Cc1cccc(N2CCC(CN3CCC(Oc4ccc(Cl)c(Cl)c4)CC3)CC2)c1. The molecule has 2 saturated heterocycles. The van der Waals surface area contributed by atoms with Crippen molar-refractivity contribution in [3.8, 4) is 5.75 Å². The minimum Gasteiger partial charge on any atom is -0.490 e. The highest BCUT2D eigenvalue weighted by Gasteiger charge is 2.26. The van der Waals surface area contributed by atoms with Crippen LogP contribution in [0.4, 0.5) is 5.69 Å². The second-order valence-electron chi connectivity index (χ2n) is 9.05. The Labute approximate surface area is 206 Å². The number of halogens is 2. The Morgan fingerprint density at radius 3 is 2.42 bits per heavy atom. The second-order valence-corrected chi connectivity index (χ2v) is 9.86. The lowest BCUT2D eigenvalue weighted by atomic mass is 9.94. The zero-order valence-electron chi connectivity index (χ0n) is 19.1. The first-order chi connectivity index (χ1) is 16.0. The molecule has 4 rings (SSSR count). The summed E-state index contributed by atoms with van der Waals surface area (Å²) in [6.07, 6.45) is 5.02. The third-order valence-electron chi connectivity index (χ3n) is 6.71. The number of nitrogens with zero attached hydrogens (tertiary/aromatic N) is 2. The molecule has 2 aliphatic heterocycles. The Kier molecular flexibility index (Phi) is 8.39. The van der Waals surface area contributed by atoms with Gasteiger partial charge < -0.3 is 19.3 Å². The fraction of sp³-hybridized carbons (Fsp3) is 0.500. The molecule has 0 aliphatic carbocycles. The molecule has 33 heavy (non-hydrogen) atoms. The number of rotatable bonds is 7. The van der Waals surface area contributed by atoms with Crippen LogP contribution < -0.4 is 9.64 Å². The van der Waals surface area contributed by atoms with Gasteiger partial charge in [-0.05, 0) is 61.4 Å². The summed E-state index contributed by atoms with van der Waals surface area (Å²) < 4.78 is 10.9. The lowest BCUT2D eigenvalue weighted by Gasteiger charge is -2.38. The van der Waals surface area contributed by atoms with Gasteiger partial charge in [-0.3, -0.25) is 4.79 Å². The molecular formula is C26H32Cl2N2O3. The Hall–Kier alpha value is -1.95. The molecule has 2 aromatic carbocycles. The maximum absolute atomic E-state index is 11.6. The summed E-state index contributed by atoms with van der Waals surface area (Å²) in [5.41, 5.74) is 2.21. The number of carbonyl (C=O) groups is 1. The van der Waals surface area contributed by atoms with Crippen molar-refractivity contribution < 1.29 is 14.3 Å². The molecule has 2 aromatic rings. The van der Waals surface area contributed by atoms with Crippen molar-refractivity contribution in [1.29, 1.82) is 0 Å². The molecule has 0 amide bonds. The molecule has 0 spiro atoms. The van der Waals surface area contributed by atoms with Gasteiger partial charge in [0.1, 0.15) is 11.9 Å². The van der Waals surface area contributed by atoms with E-state index >= 15 is 0 Å². The molecule has 0 unspecified atom stereocenters. The molecule has 0 saturated carbocycles. The van der Waals surface area contributed by atoms with Crippen molar-refractivity contribution in [2.24, 2.45) is 5.92 Å². The zero-order chi connectivity index (χ0) is 23.2. The van der Waals surface area contributed by atoms with Crippen LogP contribution in [0.2, 0.25) is 10.0 Å². The molecular weight excluding hydrogens is 459 g/mol. The van der Waals surface area contributed by atoms with Crippen LogP contribution in [0.15, 0.2) is 42.5 Å². The summed E-state index contributed by atoms with van der Waals surface area (Å²) in [6, 6.07) is 13.8. The van der Waals surface area contributed by atoms with Gasteiger partial charge >= 0.3 is 5.97 Å². The number of anilines is 1. The van der Waals surface area contributed by atoms with E-state index in [1.54, 1.807) is 12.1 Å². The molecule has 2 fully saturated rings. The predicted octanol–water partition coefficient (Wildman–Crippen LogP) is 5.47. The van der Waals surface area contributed by atoms with Crippen molar-refractivity contribution in [3.63, 3.8) is 0 Å². The predicted molar refractivity (Wildman–Crippen MR) is 134 cm³/mol. The van der Waals surface area contributed by atoms with E-state index in [1.807, 2.05) is 18.2 Å². The van der Waals surface area contributed by atoms with E-state index in [2.05, 4.69) is 21.9 Å². The number of likely N-dealkylation sites (tertiary alicyclic amines) is 1. The van der Waals surface area contributed by atoms with Gasteiger partial charge in [0, 0.05) is 44.5 Å². The number of benzene rings is 2. The normalized spacial score (nSPS) is 18.3. The Morgan fingerprint density at radius 1 is 0.970 bits per heavy atom. The van der Waals surface area contributed by atoms with Crippen molar-refractivity contribution in [2.75, 3.05) is 44.7 Å². The highest BCUT2D eigenvalue weighted by atomic mass is 35.5. The zero-order valence-corrected chi connectivity index (χ0v) is 20.7. The minimum atomic E-state index is -0.197. The van der Waals surface area contributed by atoms with Crippen LogP contribution in [0.3, 0.4) is 0 Å². The Bertz CT molecular complexity index is 939. The van der Waals surface area contributed by atoms with Gasteiger partial charge in [-0.25, -0.2) is 0 Å². The van der Waals surface area contributed by atoms with E-state index < -0.39 is 0 Å². The lowest BCUT2D eigenvalue weighted by molar-refractivity contribution is -0.139. The average molecular weight is 491 g/mol. The number of methoxy groups -OCH3 is 1. The second kappa shape index (κ2) is 11.5.